The predicted molar refractivity (Wildman–Crippen MR) is 121 cm³/mol. The second kappa shape index (κ2) is 10.00. The van der Waals surface area contributed by atoms with E-state index < -0.39 is 0 Å². The third kappa shape index (κ3) is 5.77. The average Bonchev–Trinajstić information content (AvgIpc) is 2.72. The summed E-state index contributed by atoms with van der Waals surface area (Å²) in [7, 11) is 0. The number of nitrogens with zero attached hydrogens (tertiary/aromatic N) is 2. The molecule has 1 saturated heterocycles. The number of halogens is 2. The summed E-state index contributed by atoms with van der Waals surface area (Å²) in [5.41, 5.74) is 3.39. The molecule has 1 fully saturated rings. The van der Waals surface area contributed by atoms with Crippen LogP contribution in [0.5, 0.6) is 0 Å². The van der Waals surface area contributed by atoms with Gasteiger partial charge in [0.15, 0.2) is 0 Å². The van der Waals surface area contributed by atoms with E-state index in [-0.39, 0.29) is 24.2 Å². The van der Waals surface area contributed by atoms with Crippen molar-refractivity contribution in [2.45, 2.75) is 13.8 Å². The number of anilines is 1. The van der Waals surface area contributed by atoms with Gasteiger partial charge in [0.25, 0.3) is 0 Å². The number of aryl methyl sites for hydroxylation is 1. The van der Waals surface area contributed by atoms with Gasteiger partial charge in [0.2, 0.25) is 11.8 Å². The van der Waals surface area contributed by atoms with Gasteiger partial charge < -0.3 is 10.2 Å². The number of benzene rings is 2. The maximum Gasteiger partial charge on any atom is 0.246 e. The third-order valence-corrected chi connectivity index (χ3v) is 5.79. The lowest BCUT2D eigenvalue weighted by atomic mass is 10.1. The standard InChI is InChI=1S/C23H25BrFN3O2/c1-16-4-3-5-21(17(16)2)26-22(29)15-27-10-12-28(13-11-27)23(30)9-6-18-14-19(24)7-8-20(18)25/h3-9,14H,10-13,15H2,1-2H3,(H,26,29). The minimum atomic E-state index is -0.373. The Morgan fingerprint density at radius 2 is 1.87 bits per heavy atom. The Bertz CT molecular complexity index is 969. The van der Waals surface area contributed by atoms with Gasteiger partial charge in [0.05, 0.1) is 6.54 Å². The normalized spacial score (nSPS) is 14.9. The highest BCUT2D eigenvalue weighted by Crippen LogP contribution is 2.18. The van der Waals surface area contributed by atoms with Crippen molar-refractivity contribution in [2.24, 2.45) is 0 Å². The number of carbonyl (C=O) groups excluding carboxylic acids is 2. The molecule has 0 atom stereocenters. The van der Waals surface area contributed by atoms with Crippen molar-refractivity contribution in [3.63, 3.8) is 0 Å². The van der Waals surface area contributed by atoms with Crippen molar-refractivity contribution in [3.8, 4) is 0 Å². The van der Waals surface area contributed by atoms with Crippen molar-refractivity contribution >= 4 is 39.5 Å². The Labute approximate surface area is 184 Å². The quantitative estimate of drug-likeness (QED) is 0.667. The lowest BCUT2D eigenvalue weighted by Crippen LogP contribution is -2.50. The second-order valence-electron chi connectivity index (χ2n) is 7.40. The van der Waals surface area contributed by atoms with Crippen LogP contribution >= 0.6 is 15.9 Å². The van der Waals surface area contributed by atoms with Crippen molar-refractivity contribution in [3.05, 3.63) is 69.5 Å². The molecule has 7 heteroatoms. The average molecular weight is 474 g/mol. The number of nitrogens with one attached hydrogen (secondary N) is 1. The second-order valence-corrected chi connectivity index (χ2v) is 8.31. The summed E-state index contributed by atoms with van der Waals surface area (Å²) in [5.74, 6) is -0.593. The fourth-order valence-corrected chi connectivity index (χ4v) is 3.69. The molecule has 5 nitrogen and oxygen atoms in total. The molecule has 2 amide bonds. The smallest absolute Gasteiger partial charge is 0.246 e. The summed E-state index contributed by atoms with van der Waals surface area (Å²) in [6.07, 6.45) is 2.89. The Hall–Kier alpha value is -2.51. The number of rotatable bonds is 5. The molecule has 0 bridgehead atoms. The van der Waals surface area contributed by atoms with Gasteiger partial charge in [-0.1, -0.05) is 28.1 Å². The molecule has 1 N–H and O–H groups in total. The van der Waals surface area contributed by atoms with Crippen LogP contribution in [0.1, 0.15) is 16.7 Å². The molecule has 3 rings (SSSR count). The molecule has 2 aromatic carbocycles. The highest BCUT2D eigenvalue weighted by Gasteiger charge is 2.21. The summed E-state index contributed by atoms with van der Waals surface area (Å²) in [5, 5.41) is 2.97. The van der Waals surface area contributed by atoms with E-state index in [4.69, 9.17) is 0 Å². The molecule has 1 aliphatic heterocycles. The zero-order valence-electron chi connectivity index (χ0n) is 17.1. The SMILES string of the molecule is Cc1cccc(NC(=O)CN2CCN(C(=O)C=Cc3cc(Br)ccc3F)CC2)c1C. The molecule has 158 valence electrons. The first-order valence-corrected chi connectivity index (χ1v) is 10.6. The molecule has 30 heavy (non-hydrogen) atoms. The molecule has 0 spiro atoms. The molecule has 0 unspecified atom stereocenters. The van der Waals surface area contributed by atoms with Gasteiger partial charge in [0, 0.05) is 48.0 Å². The lowest BCUT2D eigenvalue weighted by molar-refractivity contribution is -0.127. The van der Waals surface area contributed by atoms with E-state index in [9.17, 15) is 14.0 Å². The minimum Gasteiger partial charge on any atom is -0.337 e. The highest BCUT2D eigenvalue weighted by atomic mass is 79.9. The molecule has 0 saturated carbocycles. The van der Waals surface area contributed by atoms with Gasteiger partial charge in [-0.25, -0.2) is 4.39 Å². The Balaban J connectivity index is 1.49. The van der Waals surface area contributed by atoms with E-state index >= 15 is 0 Å². The number of piperazine rings is 1. The first-order chi connectivity index (χ1) is 14.3. The van der Waals surface area contributed by atoms with Gasteiger partial charge in [-0.2, -0.15) is 0 Å². The van der Waals surface area contributed by atoms with E-state index in [1.54, 1.807) is 17.0 Å². The van der Waals surface area contributed by atoms with E-state index in [1.807, 2.05) is 36.9 Å². The van der Waals surface area contributed by atoms with Gasteiger partial charge in [-0.15, -0.1) is 0 Å². The van der Waals surface area contributed by atoms with Gasteiger partial charge in [0.1, 0.15) is 5.82 Å². The summed E-state index contributed by atoms with van der Waals surface area (Å²) in [4.78, 5) is 28.6. The third-order valence-electron chi connectivity index (χ3n) is 5.29. The van der Waals surface area contributed by atoms with E-state index in [2.05, 4.69) is 21.2 Å². The molecule has 0 aromatic heterocycles. The van der Waals surface area contributed by atoms with E-state index in [0.29, 0.717) is 31.7 Å². The highest BCUT2D eigenvalue weighted by molar-refractivity contribution is 9.10. The Morgan fingerprint density at radius 1 is 1.13 bits per heavy atom. The summed E-state index contributed by atoms with van der Waals surface area (Å²) in [6, 6.07) is 10.4. The van der Waals surface area contributed by atoms with Crippen LogP contribution in [0.4, 0.5) is 10.1 Å². The zero-order chi connectivity index (χ0) is 21.7. The Kier molecular flexibility index (Phi) is 7.39. The first kappa shape index (κ1) is 22.2. The summed E-state index contributed by atoms with van der Waals surface area (Å²) in [6.45, 7) is 6.58. The fourth-order valence-electron chi connectivity index (χ4n) is 3.31. The van der Waals surface area contributed by atoms with Gasteiger partial charge in [-0.3, -0.25) is 14.5 Å². The van der Waals surface area contributed by atoms with Crippen molar-refractivity contribution in [1.82, 2.24) is 9.80 Å². The van der Waals surface area contributed by atoms with Crippen molar-refractivity contribution in [1.29, 1.82) is 0 Å². The van der Waals surface area contributed by atoms with Crippen LogP contribution in [0.25, 0.3) is 6.08 Å². The molecular formula is C23H25BrFN3O2. The topological polar surface area (TPSA) is 52.7 Å². The molecule has 1 aliphatic rings. The molecular weight excluding hydrogens is 449 g/mol. The molecule has 2 aromatic rings. The van der Waals surface area contributed by atoms with Crippen LogP contribution in [0, 0.1) is 19.7 Å². The predicted octanol–water partition coefficient (Wildman–Crippen LogP) is 4.00. The van der Waals surface area contributed by atoms with E-state index in [0.717, 1.165) is 21.3 Å². The lowest BCUT2D eigenvalue weighted by Gasteiger charge is -2.33. The van der Waals surface area contributed by atoms with Crippen molar-refractivity contribution in [2.75, 3.05) is 38.0 Å². The molecule has 0 aliphatic carbocycles. The van der Waals surface area contributed by atoms with E-state index in [1.165, 1.54) is 18.2 Å². The Morgan fingerprint density at radius 3 is 2.60 bits per heavy atom. The first-order valence-electron chi connectivity index (χ1n) is 9.84. The van der Waals surface area contributed by atoms with Gasteiger partial charge in [-0.05, 0) is 55.3 Å². The van der Waals surface area contributed by atoms with Crippen LogP contribution in [-0.4, -0.2) is 54.3 Å². The van der Waals surface area contributed by atoms with Crippen LogP contribution in [0.3, 0.4) is 0 Å². The fraction of sp³-hybridized carbons (Fsp3) is 0.304. The number of hydrogen-bond acceptors (Lipinski definition) is 3. The van der Waals surface area contributed by atoms with Crippen LogP contribution in [0.2, 0.25) is 0 Å². The van der Waals surface area contributed by atoms with Crippen LogP contribution in [0.15, 0.2) is 46.9 Å². The zero-order valence-corrected chi connectivity index (χ0v) is 18.7. The number of hydrogen-bond donors (Lipinski definition) is 1. The summed E-state index contributed by atoms with van der Waals surface area (Å²) >= 11 is 3.30. The molecule has 1 heterocycles. The van der Waals surface area contributed by atoms with Crippen molar-refractivity contribution < 1.29 is 14.0 Å². The van der Waals surface area contributed by atoms with Crippen LogP contribution in [-0.2, 0) is 9.59 Å². The van der Waals surface area contributed by atoms with Gasteiger partial charge >= 0.3 is 0 Å². The monoisotopic (exact) mass is 473 g/mol. The summed E-state index contributed by atoms with van der Waals surface area (Å²) < 4.78 is 14.6. The largest absolute Gasteiger partial charge is 0.337 e. The maximum absolute atomic E-state index is 13.8. The number of amides is 2. The molecule has 0 radical (unpaired) electrons. The maximum atomic E-state index is 13.8. The minimum absolute atomic E-state index is 0.0616. The number of carbonyl (C=O) groups is 2. The van der Waals surface area contributed by atoms with Crippen LogP contribution < -0.4 is 5.32 Å².